The number of aliphatic hydroxyl groups excluding tert-OH is 1. The number of aromatic nitrogens is 1. The second-order valence-corrected chi connectivity index (χ2v) is 10.6. The summed E-state index contributed by atoms with van der Waals surface area (Å²) >= 11 is 0. The van der Waals surface area contributed by atoms with Crippen molar-refractivity contribution in [3.8, 4) is 0 Å². The number of amides is 1. The molecule has 0 spiro atoms. The zero-order valence-corrected chi connectivity index (χ0v) is 20.4. The number of pyridine rings is 1. The molecule has 1 atom stereocenters. The second-order valence-electron chi connectivity index (χ2n) is 8.62. The number of carbonyl (C=O) groups is 2. The topological polar surface area (TPSA) is 120 Å². The Morgan fingerprint density at radius 2 is 1.83 bits per heavy atom. The van der Waals surface area contributed by atoms with E-state index in [-0.39, 0.29) is 41.4 Å². The van der Waals surface area contributed by atoms with Gasteiger partial charge in [-0.25, -0.2) is 8.42 Å². The molecule has 4 rings (SSSR count). The van der Waals surface area contributed by atoms with Crippen LogP contribution in [-0.2, 0) is 24.3 Å². The quantitative estimate of drug-likeness (QED) is 0.341. The lowest BCUT2D eigenvalue weighted by molar-refractivity contribution is -0.140. The number of benzene rings is 1. The molecular formula is C24H28N4O6S. The van der Waals surface area contributed by atoms with Gasteiger partial charge in [-0.1, -0.05) is 6.07 Å². The highest BCUT2D eigenvalue weighted by molar-refractivity contribution is 7.89. The van der Waals surface area contributed by atoms with Crippen LogP contribution >= 0.6 is 0 Å². The molecule has 0 bridgehead atoms. The summed E-state index contributed by atoms with van der Waals surface area (Å²) in [7, 11) is 0.0189. The molecule has 3 heterocycles. The standard InChI is InChI=1S/C24H28N4O6S/c1-26(2)10-11-28-21(18-4-3-9-25-16-18)20(23(30)24(28)31)22(29)17-5-7-19(8-6-17)35(32,33)27-12-14-34-15-13-27/h3-9,16,21,29H,10-15H2,1-2H3/b22-20+. The molecular weight excluding hydrogens is 472 g/mol. The lowest BCUT2D eigenvalue weighted by Crippen LogP contribution is -2.40. The fraction of sp³-hybridized carbons (Fsp3) is 0.375. The molecule has 1 aromatic heterocycles. The average molecular weight is 501 g/mol. The summed E-state index contributed by atoms with van der Waals surface area (Å²) in [5.41, 5.74) is 0.787. The number of nitrogens with zero attached hydrogens (tertiary/aromatic N) is 4. The number of hydrogen-bond donors (Lipinski definition) is 1. The number of ketones is 1. The van der Waals surface area contributed by atoms with E-state index in [4.69, 9.17) is 4.74 Å². The van der Waals surface area contributed by atoms with E-state index < -0.39 is 27.8 Å². The average Bonchev–Trinajstić information content (AvgIpc) is 3.13. The minimum atomic E-state index is -3.71. The number of sulfonamides is 1. The molecule has 0 saturated carbocycles. The van der Waals surface area contributed by atoms with Crippen LogP contribution in [0.2, 0.25) is 0 Å². The normalized spacial score (nSPS) is 21.1. The first-order valence-electron chi connectivity index (χ1n) is 11.2. The number of ether oxygens (including phenoxy) is 1. The van der Waals surface area contributed by atoms with Gasteiger partial charge in [-0.05, 0) is 50.0 Å². The number of hydrogen-bond acceptors (Lipinski definition) is 8. The molecule has 1 amide bonds. The third-order valence-corrected chi connectivity index (χ3v) is 7.98. The maximum absolute atomic E-state index is 13.0. The number of Topliss-reactive ketones (excluding diaryl/α,β-unsaturated/α-hetero) is 1. The van der Waals surface area contributed by atoms with Gasteiger partial charge in [0.15, 0.2) is 0 Å². The Bertz CT molecular complexity index is 1220. The van der Waals surface area contributed by atoms with Crippen LogP contribution in [-0.4, -0.2) is 97.8 Å². The van der Waals surface area contributed by atoms with Crippen LogP contribution in [0.25, 0.3) is 5.76 Å². The molecule has 2 aliphatic heterocycles. The van der Waals surface area contributed by atoms with Gasteiger partial charge in [-0.2, -0.15) is 4.31 Å². The van der Waals surface area contributed by atoms with Gasteiger partial charge in [0.1, 0.15) is 5.76 Å². The van der Waals surface area contributed by atoms with E-state index in [2.05, 4.69) is 4.98 Å². The van der Waals surface area contributed by atoms with Crippen molar-refractivity contribution in [2.45, 2.75) is 10.9 Å². The minimum Gasteiger partial charge on any atom is -0.507 e. The minimum absolute atomic E-state index is 0.0504. The Balaban J connectivity index is 1.71. The zero-order valence-electron chi connectivity index (χ0n) is 19.6. The second kappa shape index (κ2) is 10.2. The highest BCUT2D eigenvalue weighted by Gasteiger charge is 2.46. The third kappa shape index (κ3) is 4.98. The van der Waals surface area contributed by atoms with Crippen molar-refractivity contribution in [1.82, 2.24) is 19.1 Å². The molecule has 10 nitrogen and oxygen atoms in total. The fourth-order valence-electron chi connectivity index (χ4n) is 4.18. The van der Waals surface area contributed by atoms with Gasteiger partial charge in [0, 0.05) is 44.1 Å². The molecule has 2 aromatic rings. The van der Waals surface area contributed by atoms with E-state index in [1.807, 2.05) is 19.0 Å². The first kappa shape index (κ1) is 25.0. The van der Waals surface area contributed by atoms with Crippen molar-refractivity contribution in [3.05, 3.63) is 65.5 Å². The molecule has 2 fully saturated rings. The van der Waals surface area contributed by atoms with Gasteiger partial charge < -0.3 is 19.6 Å². The third-order valence-electron chi connectivity index (χ3n) is 6.06. The summed E-state index contributed by atoms with van der Waals surface area (Å²) < 4.78 is 32.4. The molecule has 186 valence electrons. The van der Waals surface area contributed by atoms with Crippen LogP contribution in [0.3, 0.4) is 0 Å². The van der Waals surface area contributed by atoms with Crippen LogP contribution in [0.4, 0.5) is 0 Å². The molecule has 1 aromatic carbocycles. The van der Waals surface area contributed by atoms with Crippen molar-refractivity contribution in [2.24, 2.45) is 0 Å². The summed E-state index contributed by atoms with van der Waals surface area (Å²) in [5.74, 6) is -1.85. The lowest BCUT2D eigenvalue weighted by atomic mass is 9.96. The fourth-order valence-corrected chi connectivity index (χ4v) is 5.59. The van der Waals surface area contributed by atoms with Crippen LogP contribution in [0.15, 0.2) is 59.3 Å². The molecule has 35 heavy (non-hydrogen) atoms. The van der Waals surface area contributed by atoms with Crippen LogP contribution in [0.1, 0.15) is 17.2 Å². The highest BCUT2D eigenvalue weighted by Crippen LogP contribution is 2.39. The molecule has 2 saturated heterocycles. The Kier molecular flexibility index (Phi) is 7.31. The van der Waals surface area contributed by atoms with Crippen LogP contribution in [0.5, 0.6) is 0 Å². The molecule has 1 N–H and O–H groups in total. The van der Waals surface area contributed by atoms with Crippen molar-refractivity contribution in [3.63, 3.8) is 0 Å². The van der Waals surface area contributed by atoms with E-state index in [9.17, 15) is 23.1 Å². The predicted octanol–water partition coefficient (Wildman–Crippen LogP) is 1.09. The predicted molar refractivity (Wildman–Crippen MR) is 128 cm³/mol. The largest absolute Gasteiger partial charge is 0.507 e. The first-order chi connectivity index (χ1) is 16.7. The number of aliphatic hydroxyl groups is 1. The zero-order chi connectivity index (χ0) is 25.2. The number of likely N-dealkylation sites (tertiary alicyclic amines) is 1. The number of rotatable bonds is 7. The van der Waals surface area contributed by atoms with Gasteiger partial charge in [0.2, 0.25) is 10.0 Å². The van der Waals surface area contributed by atoms with Crippen molar-refractivity contribution >= 4 is 27.5 Å². The van der Waals surface area contributed by atoms with E-state index in [0.717, 1.165) is 0 Å². The van der Waals surface area contributed by atoms with Gasteiger partial charge in [0.05, 0.1) is 29.7 Å². The first-order valence-corrected chi connectivity index (χ1v) is 12.7. The van der Waals surface area contributed by atoms with E-state index in [0.29, 0.717) is 25.3 Å². The SMILES string of the molecule is CN(C)CCN1C(=O)C(=O)/C(=C(/O)c2ccc(S(=O)(=O)N3CCOCC3)cc2)C1c1cccnc1. The number of carbonyl (C=O) groups excluding carboxylic acids is 2. The molecule has 0 aliphatic carbocycles. The van der Waals surface area contributed by atoms with Gasteiger partial charge in [0.25, 0.3) is 11.7 Å². The van der Waals surface area contributed by atoms with Gasteiger partial charge in [-0.3, -0.25) is 14.6 Å². The molecule has 0 radical (unpaired) electrons. The van der Waals surface area contributed by atoms with E-state index >= 15 is 0 Å². The molecule has 1 unspecified atom stereocenters. The summed E-state index contributed by atoms with van der Waals surface area (Å²) in [6, 6.07) is 8.30. The highest BCUT2D eigenvalue weighted by atomic mass is 32.2. The Morgan fingerprint density at radius 1 is 1.14 bits per heavy atom. The van der Waals surface area contributed by atoms with E-state index in [1.54, 1.807) is 24.5 Å². The molecule has 11 heteroatoms. The maximum atomic E-state index is 13.0. The van der Waals surface area contributed by atoms with Gasteiger partial charge >= 0.3 is 0 Å². The van der Waals surface area contributed by atoms with Crippen molar-refractivity contribution < 1.29 is 27.9 Å². The summed E-state index contributed by atoms with van der Waals surface area (Å²) in [6.45, 7) is 2.01. The maximum Gasteiger partial charge on any atom is 0.295 e. The van der Waals surface area contributed by atoms with Gasteiger partial charge in [-0.15, -0.1) is 0 Å². The van der Waals surface area contributed by atoms with Crippen molar-refractivity contribution in [1.29, 1.82) is 0 Å². The Morgan fingerprint density at radius 3 is 2.43 bits per heavy atom. The Labute approximate surface area is 204 Å². The smallest absolute Gasteiger partial charge is 0.295 e. The Hall–Kier alpha value is -3.12. The monoisotopic (exact) mass is 500 g/mol. The lowest BCUT2D eigenvalue weighted by Gasteiger charge is -2.26. The number of likely N-dealkylation sites (N-methyl/N-ethyl adjacent to an activating group) is 1. The summed E-state index contributed by atoms with van der Waals surface area (Å²) in [6.07, 6.45) is 3.15. The van der Waals surface area contributed by atoms with Crippen molar-refractivity contribution in [2.75, 3.05) is 53.5 Å². The van der Waals surface area contributed by atoms with Crippen LogP contribution in [0, 0.1) is 0 Å². The summed E-state index contributed by atoms with van der Waals surface area (Å²) in [5, 5.41) is 11.2. The summed E-state index contributed by atoms with van der Waals surface area (Å²) in [4.78, 5) is 33.5. The van der Waals surface area contributed by atoms with E-state index in [1.165, 1.54) is 33.5 Å². The van der Waals surface area contributed by atoms with Crippen LogP contribution < -0.4 is 0 Å². The number of morpholine rings is 1. The molecule has 2 aliphatic rings.